The highest BCUT2D eigenvalue weighted by molar-refractivity contribution is 6.02. The van der Waals surface area contributed by atoms with Crippen molar-refractivity contribution in [2.24, 2.45) is 0 Å². The number of ether oxygens (including phenoxy) is 2. The zero-order valence-corrected chi connectivity index (χ0v) is 15.6. The monoisotopic (exact) mass is 408 g/mol. The van der Waals surface area contributed by atoms with E-state index in [4.69, 9.17) is 9.47 Å². The molecule has 0 heterocycles. The Hall–Kier alpha value is -4.20. The van der Waals surface area contributed by atoms with Crippen molar-refractivity contribution in [3.8, 4) is 11.5 Å². The van der Waals surface area contributed by atoms with E-state index in [0.717, 1.165) is 6.07 Å². The topological polar surface area (TPSA) is 93.7 Å². The SMILES string of the molecule is O=C(COC(=O)c1ccc(Oc2ccccc2)cc1)NC(=O)Nc1ccccc1F. The zero-order chi connectivity index (χ0) is 21.3. The third kappa shape index (κ3) is 5.90. The number of hydrogen-bond acceptors (Lipinski definition) is 5. The summed E-state index contributed by atoms with van der Waals surface area (Å²) >= 11 is 0. The van der Waals surface area contributed by atoms with Gasteiger partial charge in [0.2, 0.25) is 0 Å². The molecule has 2 N–H and O–H groups in total. The van der Waals surface area contributed by atoms with E-state index in [9.17, 15) is 18.8 Å². The van der Waals surface area contributed by atoms with Crippen LogP contribution < -0.4 is 15.4 Å². The van der Waals surface area contributed by atoms with E-state index in [1.165, 1.54) is 30.3 Å². The maximum atomic E-state index is 13.5. The van der Waals surface area contributed by atoms with Crippen LogP contribution in [0.15, 0.2) is 78.9 Å². The Balaban J connectivity index is 1.46. The van der Waals surface area contributed by atoms with Crippen LogP contribution in [0, 0.1) is 5.82 Å². The summed E-state index contributed by atoms with van der Waals surface area (Å²) in [4.78, 5) is 35.5. The minimum Gasteiger partial charge on any atom is -0.457 e. The molecular formula is C22H17FN2O5. The third-order valence-electron chi connectivity index (χ3n) is 3.78. The van der Waals surface area contributed by atoms with Crippen LogP contribution in [-0.2, 0) is 9.53 Å². The van der Waals surface area contributed by atoms with Crippen LogP contribution in [0.1, 0.15) is 10.4 Å². The van der Waals surface area contributed by atoms with Crippen LogP contribution in [0.3, 0.4) is 0 Å². The summed E-state index contributed by atoms with van der Waals surface area (Å²) in [5.74, 6) is -1.07. The predicted octanol–water partition coefficient (Wildman–Crippen LogP) is 4.12. The number of nitrogens with one attached hydrogen (secondary N) is 2. The van der Waals surface area contributed by atoms with Gasteiger partial charge in [0.1, 0.15) is 17.3 Å². The van der Waals surface area contributed by atoms with Crippen molar-refractivity contribution in [1.29, 1.82) is 0 Å². The number of imide groups is 1. The molecule has 0 aliphatic rings. The first-order valence-corrected chi connectivity index (χ1v) is 8.87. The fraction of sp³-hybridized carbons (Fsp3) is 0.0455. The van der Waals surface area contributed by atoms with Gasteiger partial charge in [0.25, 0.3) is 5.91 Å². The van der Waals surface area contributed by atoms with E-state index < -0.39 is 30.3 Å². The van der Waals surface area contributed by atoms with Crippen LogP contribution in [0.5, 0.6) is 11.5 Å². The van der Waals surface area contributed by atoms with Gasteiger partial charge in [-0.1, -0.05) is 30.3 Å². The van der Waals surface area contributed by atoms with Crippen molar-refractivity contribution < 1.29 is 28.2 Å². The maximum absolute atomic E-state index is 13.5. The van der Waals surface area contributed by atoms with Gasteiger partial charge in [-0.3, -0.25) is 10.1 Å². The summed E-state index contributed by atoms with van der Waals surface area (Å²) in [5.41, 5.74) is 0.122. The minimum absolute atomic E-state index is 0.0855. The molecule has 0 aliphatic heterocycles. The Labute approximate surface area is 171 Å². The second-order valence-electron chi connectivity index (χ2n) is 6.00. The van der Waals surface area contributed by atoms with E-state index in [0.29, 0.717) is 11.5 Å². The lowest BCUT2D eigenvalue weighted by Crippen LogP contribution is -2.37. The maximum Gasteiger partial charge on any atom is 0.338 e. The molecule has 0 saturated heterocycles. The molecule has 3 rings (SSSR count). The number of esters is 1. The molecule has 0 bridgehead atoms. The summed E-state index contributed by atoms with van der Waals surface area (Å²) in [7, 11) is 0. The highest BCUT2D eigenvalue weighted by Gasteiger charge is 2.14. The lowest BCUT2D eigenvalue weighted by molar-refractivity contribution is -0.123. The van der Waals surface area contributed by atoms with E-state index in [2.05, 4.69) is 5.32 Å². The van der Waals surface area contributed by atoms with Gasteiger partial charge in [-0.15, -0.1) is 0 Å². The Morgan fingerprint density at radius 1 is 0.800 bits per heavy atom. The molecule has 3 amide bonds. The molecule has 30 heavy (non-hydrogen) atoms. The Kier molecular flexibility index (Phi) is 6.73. The average Bonchev–Trinajstić information content (AvgIpc) is 2.75. The standard InChI is InChI=1S/C22H17FN2O5/c23-18-8-4-5-9-19(18)24-22(28)25-20(26)14-29-21(27)15-10-12-17(13-11-15)30-16-6-2-1-3-7-16/h1-13H,14H2,(H2,24,25,26,28). The molecule has 0 radical (unpaired) electrons. The largest absolute Gasteiger partial charge is 0.457 e. The number of halogens is 1. The van der Waals surface area contributed by atoms with Crippen molar-refractivity contribution in [3.05, 3.63) is 90.2 Å². The number of hydrogen-bond donors (Lipinski definition) is 2. The highest BCUT2D eigenvalue weighted by Crippen LogP contribution is 2.21. The average molecular weight is 408 g/mol. The molecule has 0 aliphatic carbocycles. The van der Waals surface area contributed by atoms with Gasteiger partial charge in [-0.2, -0.15) is 0 Å². The van der Waals surface area contributed by atoms with Gasteiger partial charge < -0.3 is 14.8 Å². The first-order chi connectivity index (χ1) is 14.5. The molecule has 0 unspecified atom stereocenters. The molecule has 7 nitrogen and oxygen atoms in total. The minimum atomic E-state index is -0.941. The molecule has 0 fully saturated rings. The van der Waals surface area contributed by atoms with Crippen molar-refractivity contribution in [2.75, 3.05) is 11.9 Å². The van der Waals surface area contributed by atoms with Gasteiger partial charge in [0.05, 0.1) is 11.3 Å². The van der Waals surface area contributed by atoms with Gasteiger partial charge in [0.15, 0.2) is 6.61 Å². The van der Waals surface area contributed by atoms with E-state index in [1.807, 2.05) is 23.5 Å². The zero-order valence-electron chi connectivity index (χ0n) is 15.6. The second-order valence-corrected chi connectivity index (χ2v) is 6.00. The van der Waals surface area contributed by atoms with Crippen molar-refractivity contribution in [1.82, 2.24) is 5.32 Å². The molecule has 3 aromatic rings. The number of benzene rings is 3. The number of anilines is 1. The van der Waals surface area contributed by atoms with Gasteiger partial charge in [0, 0.05) is 0 Å². The fourth-order valence-corrected chi connectivity index (χ4v) is 2.38. The Bertz CT molecular complexity index is 1040. The number of para-hydroxylation sites is 2. The van der Waals surface area contributed by atoms with Crippen LogP contribution in [0.4, 0.5) is 14.9 Å². The van der Waals surface area contributed by atoms with E-state index in [-0.39, 0.29) is 11.3 Å². The summed E-state index contributed by atoms with van der Waals surface area (Å²) in [6, 6.07) is 19.8. The second kappa shape index (κ2) is 9.83. The van der Waals surface area contributed by atoms with Crippen LogP contribution in [-0.4, -0.2) is 24.5 Å². The number of amides is 3. The summed E-state index contributed by atoms with van der Waals surface area (Å²) in [5, 5.41) is 4.13. The lowest BCUT2D eigenvalue weighted by Gasteiger charge is -2.09. The van der Waals surface area contributed by atoms with Crippen molar-refractivity contribution >= 4 is 23.6 Å². The van der Waals surface area contributed by atoms with Gasteiger partial charge >= 0.3 is 12.0 Å². The van der Waals surface area contributed by atoms with E-state index >= 15 is 0 Å². The molecule has 152 valence electrons. The Morgan fingerprint density at radius 3 is 2.13 bits per heavy atom. The van der Waals surface area contributed by atoms with E-state index in [1.54, 1.807) is 24.3 Å². The normalized spacial score (nSPS) is 10.0. The summed E-state index contributed by atoms with van der Waals surface area (Å²) in [6.45, 7) is -0.675. The van der Waals surface area contributed by atoms with Crippen LogP contribution in [0.2, 0.25) is 0 Å². The quantitative estimate of drug-likeness (QED) is 0.599. The van der Waals surface area contributed by atoms with Gasteiger partial charge in [-0.25, -0.2) is 14.0 Å². The Morgan fingerprint density at radius 2 is 1.43 bits per heavy atom. The molecule has 0 saturated carbocycles. The predicted molar refractivity (Wildman–Crippen MR) is 107 cm³/mol. The summed E-state index contributed by atoms with van der Waals surface area (Å²) < 4.78 is 24.0. The molecule has 0 aromatic heterocycles. The van der Waals surface area contributed by atoms with Crippen molar-refractivity contribution in [3.63, 3.8) is 0 Å². The number of urea groups is 1. The summed E-state index contributed by atoms with van der Waals surface area (Å²) in [6.07, 6.45) is 0. The lowest BCUT2D eigenvalue weighted by atomic mass is 10.2. The number of carbonyl (C=O) groups is 3. The first-order valence-electron chi connectivity index (χ1n) is 8.87. The smallest absolute Gasteiger partial charge is 0.338 e. The third-order valence-corrected chi connectivity index (χ3v) is 3.78. The van der Waals surface area contributed by atoms with Crippen molar-refractivity contribution in [2.45, 2.75) is 0 Å². The number of rotatable bonds is 6. The first kappa shape index (κ1) is 20.5. The fourth-order valence-electron chi connectivity index (χ4n) is 2.38. The number of carbonyl (C=O) groups excluding carboxylic acids is 3. The van der Waals surface area contributed by atoms with Crippen LogP contribution >= 0.6 is 0 Å². The van der Waals surface area contributed by atoms with Crippen LogP contribution in [0.25, 0.3) is 0 Å². The molecule has 3 aromatic carbocycles. The highest BCUT2D eigenvalue weighted by atomic mass is 19.1. The molecule has 8 heteroatoms. The molecule has 0 atom stereocenters. The molecular weight excluding hydrogens is 391 g/mol. The van der Waals surface area contributed by atoms with Gasteiger partial charge in [-0.05, 0) is 48.5 Å². The molecule has 0 spiro atoms.